The van der Waals surface area contributed by atoms with Crippen molar-refractivity contribution in [3.05, 3.63) is 352 Å². The molecule has 21 rings (SSSR count). The maximum atomic E-state index is 5.49. The highest BCUT2D eigenvalue weighted by atomic mass is 32.1. The molecule has 494 valence electrons. The maximum absolute atomic E-state index is 5.49. The van der Waals surface area contributed by atoms with Crippen LogP contribution in [0, 0.1) is 0 Å². The number of benzene rings is 15. The minimum Gasteiger partial charge on any atom is -0.278 e. The Balaban J connectivity index is 0.583. The maximum Gasteiger partial charge on any atom is 0.238 e. The number of hydrogen-bond donors (Lipinski definition) is 0. The summed E-state index contributed by atoms with van der Waals surface area (Å²) in [7, 11) is 0. The molecule has 0 radical (unpaired) electrons. The molecule has 0 saturated heterocycles. The van der Waals surface area contributed by atoms with Crippen LogP contribution in [0.3, 0.4) is 0 Å². The molecule has 0 unspecified atom stereocenters. The largest absolute Gasteiger partial charge is 0.278 e. The monoisotopic (exact) mass is 1390 g/mol. The van der Waals surface area contributed by atoms with Crippen LogP contribution >= 0.6 is 22.7 Å². The molecule has 15 aromatic carbocycles. The van der Waals surface area contributed by atoms with Crippen molar-refractivity contribution in [3.8, 4) is 124 Å². The zero-order chi connectivity index (χ0) is 69.8. The van der Waals surface area contributed by atoms with E-state index >= 15 is 0 Å². The second-order valence-corrected chi connectivity index (χ2v) is 29.0. The predicted molar refractivity (Wildman–Crippen MR) is 442 cm³/mol. The zero-order valence-corrected chi connectivity index (χ0v) is 58.5. The molecule has 0 aliphatic carbocycles. The SMILES string of the molecule is c1ccc(-c2ccc(-c3ccc4sc5c(-c6nc(-c7ccccc7)nc(-n7c8ccccc8c8c(-c9cccc(-c%10ccc(-c%11ccc(-c%12ccc%13sc%14c(-c%15nc(-c%16ccccc%16)nc(-n%16c%17ccccc%17c%17ccccc%17%16)n%15)cccc%14c%13c%12)cc%11)cc%10)c9)cccc87)n6)cccc5c4c3)cc2)cc1. The zero-order valence-electron chi connectivity index (χ0n) is 56.9. The molecule has 8 nitrogen and oxygen atoms in total. The second kappa shape index (κ2) is 25.1. The van der Waals surface area contributed by atoms with E-state index in [4.69, 9.17) is 29.9 Å². The molecule has 0 amide bonds. The van der Waals surface area contributed by atoms with Crippen LogP contribution < -0.4 is 0 Å². The molecule has 0 N–H and O–H groups in total. The molecule has 0 aliphatic heterocycles. The molecule has 0 saturated carbocycles. The highest BCUT2D eigenvalue weighted by Crippen LogP contribution is 2.46. The highest BCUT2D eigenvalue weighted by Gasteiger charge is 2.24. The topological polar surface area (TPSA) is 87.2 Å². The number of para-hydroxylation sites is 3. The fourth-order valence-corrected chi connectivity index (χ4v) is 18.0. The van der Waals surface area contributed by atoms with Gasteiger partial charge in [0, 0.05) is 84.1 Å². The van der Waals surface area contributed by atoms with Crippen molar-refractivity contribution < 1.29 is 0 Å². The van der Waals surface area contributed by atoms with Crippen molar-refractivity contribution in [3.63, 3.8) is 0 Å². The van der Waals surface area contributed by atoms with Gasteiger partial charge in [0.1, 0.15) is 0 Å². The molecule has 21 aromatic rings. The van der Waals surface area contributed by atoms with Crippen LogP contribution in [-0.2, 0) is 0 Å². The van der Waals surface area contributed by atoms with Crippen molar-refractivity contribution in [2.24, 2.45) is 0 Å². The Morgan fingerprint density at radius 3 is 0.981 bits per heavy atom. The van der Waals surface area contributed by atoms with Crippen molar-refractivity contribution in [2.45, 2.75) is 0 Å². The summed E-state index contributed by atoms with van der Waals surface area (Å²) < 4.78 is 9.09. The normalized spacial score (nSPS) is 11.8. The fourth-order valence-electron chi connectivity index (χ4n) is 15.6. The van der Waals surface area contributed by atoms with Crippen LogP contribution in [-0.4, -0.2) is 39.0 Å². The van der Waals surface area contributed by atoms with E-state index in [0.717, 1.165) is 120 Å². The smallest absolute Gasteiger partial charge is 0.238 e. The molecule has 0 fully saturated rings. The van der Waals surface area contributed by atoms with Gasteiger partial charge in [-0.3, -0.25) is 9.13 Å². The van der Waals surface area contributed by atoms with Gasteiger partial charge in [-0.15, -0.1) is 22.7 Å². The molecule has 6 aromatic heterocycles. The first-order valence-electron chi connectivity index (χ1n) is 35.5. The van der Waals surface area contributed by atoms with E-state index < -0.39 is 0 Å². The lowest BCUT2D eigenvalue weighted by atomic mass is 9.94. The third-order valence-electron chi connectivity index (χ3n) is 20.7. The molecule has 0 atom stereocenters. The Bertz CT molecular complexity index is 6990. The molecule has 10 heteroatoms. The fraction of sp³-hybridized carbons (Fsp3) is 0. The highest BCUT2D eigenvalue weighted by molar-refractivity contribution is 7.26. The standard InChI is InChI=1S/C96H58N8S2/c1-4-20-59(21-5-1)60-40-48-64(49-41-60)69-52-54-87-80(57-69)76-33-18-35-79(90(76)106-87)94-98-92(67-24-8-3-9-25-67)100-96(102-94)104-84-38-15-12-30-77(84)88-72(31-19-39-85(88)104)71-27-16-26-68(56-71)63-46-42-61(43-47-63)62-44-50-65(51-45-62)70-53-55-86-81(58-70)75-32-17-34-78(89(75)105-86)93-97-91(66-22-6-2-7-23-66)99-95(101-93)103-82-36-13-10-28-73(82)74-29-11-14-37-83(74)103/h1-58H. The lowest BCUT2D eigenvalue weighted by Gasteiger charge is -2.12. The van der Waals surface area contributed by atoms with E-state index in [1.807, 2.05) is 36.4 Å². The van der Waals surface area contributed by atoms with Gasteiger partial charge in [0.15, 0.2) is 23.3 Å². The van der Waals surface area contributed by atoms with Gasteiger partial charge in [-0.05, 0) is 133 Å². The number of thiophene rings is 2. The van der Waals surface area contributed by atoms with Crippen LogP contribution in [0.5, 0.6) is 0 Å². The van der Waals surface area contributed by atoms with Crippen molar-refractivity contribution in [1.82, 2.24) is 39.0 Å². The van der Waals surface area contributed by atoms with Gasteiger partial charge < -0.3 is 0 Å². The minimum absolute atomic E-state index is 0.556. The van der Waals surface area contributed by atoms with Gasteiger partial charge in [-0.25, -0.2) is 9.97 Å². The Morgan fingerprint density at radius 2 is 0.500 bits per heavy atom. The average molecular weight is 1390 g/mol. The summed E-state index contributed by atoms with van der Waals surface area (Å²) in [6.07, 6.45) is 0. The first-order valence-corrected chi connectivity index (χ1v) is 37.2. The van der Waals surface area contributed by atoms with Crippen LogP contribution in [0.1, 0.15) is 0 Å². The number of fused-ring (bicyclic) bond motifs is 12. The van der Waals surface area contributed by atoms with Crippen molar-refractivity contribution in [2.75, 3.05) is 0 Å². The van der Waals surface area contributed by atoms with Crippen molar-refractivity contribution >= 4 is 107 Å². The van der Waals surface area contributed by atoms with Crippen molar-refractivity contribution in [1.29, 1.82) is 0 Å². The van der Waals surface area contributed by atoms with Gasteiger partial charge in [0.2, 0.25) is 11.9 Å². The Morgan fingerprint density at radius 1 is 0.189 bits per heavy atom. The van der Waals surface area contributed by atoms with E-state index in [9.17, 15) is 0 Å². The van der Waals surface area contributed by atoms with E-state index in [1.54, 1.807) is 22.7 Å². The van der Waals surface area contributed by atoms with Crippen LogP contribution in [0.15, 0.2) is 352 Å². The summed E-state index contributed by atoms with van der Waals surface area (Å²) in [6.45, 7) is 0. The van der Waals surface area contributed by atoms with Gasteiger partial charge in [0.25, 0.3) is 0 Å². The molecule has 6 heterocycles. The molecular formula is C96H58N8S2. The number of rotatable bonds is 12. The molecule has 0 spiro atoms. The predicted octanol–water partition coefficient (Wildman–Crippen LogP) is 25.7. The summed E-state index contributed by atoms with van der Waals surface area (Å²) in [5.74, 6) is 3.63. The Labute approximate surface area is 617 Å². The molecule has 0 bridgehead atoms. The first-order chi connectivity index (χ1) is 52.5. The van der Waals surface area contributed by atoms with Crippen LogP contribution in [0.25, 0.3) is 208 Å². The minimum atomic E-state index is 0.556. The van der Waals surface area contributed by atoms with Crippen LogP contribution in [0.4, 0.5) is 0 Å². The third kappa shape index (κ3) is 10.4. The van der Waals surface area contributed by atoms with E-state index in [-0.39, 0.29) is 0 Å². The summed E-state index contributed by atoms with van der Waals surface area (Å²) in [5.41, 5.74) is 21.8. The van der Waals surface area contributed by atoms with Gasteiger partial charge in [-0.1, -0.05) is 285 Å². The summed E-state index contributed by atoms with van der Waals surface area (Å²) in [4.78, 5) is 31.9. The second-order valence-electron chi connectivity index (χ2n) is 26.9. The number of nitrogens with zero attached hydrogens (tertiary/aromatic N) is 8. The molecule has 106 heavy (non-hydrogen) atoms. The lowest BCUT2D eigenvalue weighted by Crippen LogP contribution is -2.06. The summed E-state index contributed by atoms with van der Waals surface area (Å²) >= 11 is 3.57. The summed E-state index contributed by atoms with van der Waals surface area (Å²) in [5, 5.41) is 9.31. The van der Waals surface area contributed by atoms with Gasteiger partial charge in [0.05, 0.1) is 22.1 Å². The Kier molecular flexibility index (Phi) is 14.5. The van der Waals surface area contributed by atoms with E-state index in [0.29, 0.717) is 35.2 Å². The first kappa shape index (κ1) is 61.1. The number of hydrogen-bond acceptors (Lipinski definition) is 8. The third-order valence-corrected chi connectivity index (χ3v) is 23.2. The number of aromatic nitrogens is 8. The molecule has 0 aliphatic rings. The van der Waals surface area contributed by atoms with E-state index in [2.05, 4.69) is 325 Å². The average Bonchev–Trinajstić information content (AvgIpc) is 1.41. The van der Waals surface area contributed by atoms with Gasteiger partial charge >= 0.3 is 0 Å². The lowest BCUT2D eigenvalue weighted by molar-refractivity contribution is 0.954. The van der Waals surface area contributed by atoms with Gasteiger partial charge in [-0.2, -0.15) is 19.9 Å². The molecular weight excluding hydrogens is 1330 g/mol. The quantitative estimate of drug-likeness (QED) is 0.121. The Hall–Kier alpha value is -13.6. The van der Waals surface area contributed by atoms with E-state index in [1.165, 1.54) is 53.2 Å². The van der Waals surface area contributed by atoms with Crippen LogP contribution in [0.2, 0.25) is 0 Å². The summed E-state index contributed by atoms with van der Waals surface area (Å²) in [6, 6.07) is 126.